The lowest BCUT2D eigenvalue weighted by Gasteiger charge is -2.25. The van der Waals surface area contributed by atoms with Gasteiger partial charge in [0.1, 0.15) is 6.07 Å². The van der Waals surface area contributed by atoms with Crippen LogP contribution in [0.1, 0.15) is 35.5 Å². The van der Waals surface area contributed by atoms with Crippen LogP contribution in [-0.2, 0) is 4.74 Å². The van der Waals surface area contributed by atoms with Crippen molar-refractivity contribution in [2.75, 3.05) is 30.8 Å². The second kappa shape index (κ2) is 7.09. The minimum Gasteiger partial charge on any atom is -0.464 e. The number of benzene rings is 1. The Bertz CT molecular complexity index is 798. The number of rotatable bonds is 5. The average molecular weight is 326 g/mol. The molecule has 2 rings (SSSR count). The van der Waals surface area contributed by atoms with E-state index in [9.17, 15) is 10.1 Å². The van der Waals surface area contributed by atoms with Crippen LogP contribution >= 0.6 is 0 Å². The van der Waals surface area contributed by atoms with Gasteiger partial charge in [0.05, 0.1) is 29.7 Å². The van der Waals surface area contributed by atoms with Crippen LogP contribution in [0.5, 0.6) is 0 Å². The molecule has 0 aliphatic carbocycles. The molecule has 6 heteroatoms. The van der Waals surface area contributed by atoms with Gasteiger partial charge in [-0.15, -0.1) is 0 Å². The zero-order valence-corrected chi connectivity index (χ0v) is 14.5. The highest BCUT2D eigenvalue weighted by atomic mass is 16.5. The van der Waals surface area contributed by atoms with Crippen LogP contribution in [0.3, 0.4) is 0 Å². The molecule has 0 aliphatic heterocycles. The molecule has 0 unspecified atom stereocenters. The molecule has 0 spiro atoms. The summed E-state index contributed by atoms with van der Waals surface area (Å²) in [5, 5.41) is 9.28. The van der Waals surface area contributed by atoms with Gasteiger partial charge in [-0.3, -0.25) is 0 Å². The lowest BCUT2D eigenvalue weighted by Crippen LogP contribution is -2.24. The van der Waals surface area contributed by atoms with E-state index in [1.807, 2.05) is 31.2 Å². The van der Waals surface area contributed by atoms with Crippen LogP contribution in [0.2, 0.25) is 0 Å². The molecule has 126 valence electrons. The van der Waals surface area contributed by atoms with Gasteiger partial charge in [-0.25, -0.2) is 4.79 Å². The highest BCUT2D eigenvalue weighted by molar-refractivity contribution is 5.96. The van der Waals surface area contributed by atoms with Crippen molar-refractivity contribution in [3.05, 3.63) is 41.2 Å². The molecule has 0 atom stereocenters. The van der Waals surface area contributed by atoms with Crippen molar-refractivity contribution in [1.82, 2.24) is 4.57 Å². The normalized spacial score (nSPS) is 10.3. The summed E-state index contributed by atoms with van der Waals surface area (Å²) >= 11 is 0. The second-order valence-corrected chi connectivity index (χ2v) is 5.44. The molecule has 24 heavy (non-hydrogen) atoms. The number of methoxy groups -OCH3 is 1. The van der Waals surface area contributed by atoms with Gasteiger partial charge in [0.25, 0.3) is 0 Å². The molecule has 0 aliphatic rings. The molecule has 0 saturated carbocycles. The number of nitrogens with two attached hydrogens (primary N) is 1. The summed E-state index contributed by atoms with van der Waals surface area (Å²) in [6.07, 6.45) is 1.59. The summed E-state index contributed by atoms with van der Waals surface area (Å²) in [7, 11) is 1.30. The molecular weight excluding hydrogens is 304 g/mol. The van der Waals surface area contributed by atoms with Gasteiger partial charge in [0.2, 0.25) is 0 Å². The number of aryl methyl sites for hydroxylation is 1. The molecule has 0 fully saturated rings. The van der Waals surface area contributed by atoms with Crippen molar-refractivity contribution >= 4 is 17.3 Å². The number of hydrogen-bond donors (Lipinski definition) is 1. The van der Waals surface area contributed by atoms with E-state index in [1.165, 1.54) is 7.11 Å². The first-order valence-electron chi connectivity index (χ1n) is 7.83. The monoisotopic (exact) mass is 326 g/mol. The highest BCUT2D eigenvalue weighted by Gasteiger charge is 2.23. The summed E-state index contributed by atoms with van der Waals surface area (Å²) < 4.78 is 6.51. The van der Waals surface area contributed by atoms with E-state index in [2.05, 4.69) is 18.7 Å². The van der Waals surface area contributed by atoms with E-state index >= 15 is 0 Å². The maximum absolute atomic E-state index is 12.2. The Morgan fingerprint density at radius 1 is 1.38 bits per heavy atom. The summed E-state index contributed by atoms with van der Waals surface area (Å²) in [5.41, 5.74) is 9.37. The number of nitriles is 1. The van der Waals surface area contributed by atoms with Crippen molar-refractivity contribution in [2.24, 2.45) is 0 Å². The van der Waals surface area contributed by atoms with Crippen LogP contribution in [0.4, 0.5) is 11.4 Å². The van der Waals surface area contributed by atoms with E-state index in [0.29, 0.717) is 0 Å². The molecule has 0 radical (unpaired) electrons. The van der Waals surface area contributed by atoms with Crippen molar-refractivity contribution in [1.29, 1.82) is 5.26 Å². The lowest BCUT2D eigenvalue weighted by atomic mass is 10.1. The third-order valence-corrected chi connectivity index (χ3v) is 4.04. The number of carbonyl (C=O) groups excluding carboxylic acids is 1. The number of carbonyl (C=O) groups is 1. The van der Waals surface area contributed by atoms with E-state index in [-0.39, 0.29) is 16.9 Å². The van der Waals surface area contributed by atoms with E-state index in [4.69, 9.17) is 10.5 Å². The van der Waals surface area contributed by atoms with Crippen LogP contribution < -0.4 is 10.6 Å². The van der Waals surface area contributed by atoms with E-state index in [1.54, 1.807) is 10.8 Å². The standard InChI is InChI=1S/C18H22N4O2/c1-5-21(6-2)14-8-7-12(3)9-15(14)22-11-13(10-19)16(20)17(22)18(23)24-4/h7-9,11H,5-6,20H2,1-4H3. The number of esters is 1. The molecule has 0 saturated heterocycles. The first kappa shape index (κ1) is 17.4. The number of anilines is 2. The maximum Gasteiger partial charge on any atom is 0.357 e. The Hall–Kier alpha value is -2.94. The van der Waals surface area contributed by atoms with Gasteiger partial charge in [-0.2, -0.15) is 5.26 Å². The Labute approximate surface area is 142 Å². The summed E-state index contributed by atoms with van der Waals surface area (Å²) in [5.74, 6) is -0.569. The molecule has 1 heterocycles. The Morgan fingerprint density at radius 3 is 2.58 bits per heavy atom. The first-order valence-corrected chi connectivity index (χ1v) is 7.83. The van der Waals surface area contributed by atoms with Crippen LogP contribution in [0, 0.1) is 18.3 Å². The third kappa shape index (κ3) is 2.93. The zero-order valence-electron chi connectivity index (χ0n) is 14.5. The fourth-order valence-corrected chi connectivity index (χ4v) is 2.76. The van der Waals surface area contributed by atoms with Gasteiger partial charge in [0, 0.05) is 19.3 Å². The Balaban J connectivity index is 2.79. The van der Waals surface area contributed by atoms with Gasteiger partial charge in [0.15, 0.2) is 5.69 Å². The number of nitrogen functional groups attached to an aromatic ring is 1. The van der Waals surface area contributed by atoms with Crippen LogP contribution in [0.25, 0.3) is 5.69 Å². The SMILES string of the molecule is CCN(CC)c1ccc(C)cc1-n1cc(C#N)c(N)c1C(=O)OC. The first-order chi connectivity index (χ1) is 11.5. The largest absolute Gasteiger partial charge is 0.464 e. The zero-order chi connectivity index (χ0) is 17.9. The maximum atomic E-state index is 12.2. The van der Waals surface area contributed by atoms with Gasteiger partial charge in [-0.1, -0.05) is 6.07 Å². The summed E-state index contributed by atoms with van der Waals surface area (Å²) in [6.45, 7) is 7.76. The summed E-state index contributed by atoms with van der Waals surface area (Å²) in [6, 6.07) is 8.04. The number of nitrogens with zero attached hydrogens (tertiary/aromatic N) is 3. The Morgan fingerprint density at radius 2 is 2.04 bits per heavy atom. The number of hydrogen-bond acceptors (Lipinski definition) is 5. The van der Waals surface area contributed by atoms with Crippen molar-refractivity contribution in [3.63, 3.8) is 0 Å². The smallest absolute Gasteiger partial charge is 0.357 e. The van der Waals surface area contributed by atoms with Crippen molar-refractivity contribution < 1.29 is 9.53 Å². The minimum absolute atomic E-state index is 0.136. The van der Waals surface area contributed by atoms with Crippen molar-refractivity contribution in [3.8, 4) is 11.8 Å². The molecule has 2 N–H and O–H groups in total. The highest BCUT2D eigenvalue weighted by Crippen LogP contribution is 2.31. The molecule has 0 amide bonds. The van der Waals surface area contributed by atoms with Gasteiger partial charge in [-0.05, 0) is 38.5 Å². The molecule has 0 bridgehead atoms. The molecule has 2 aromatic rings. The molecule has 6 nitrogen and oxygen atoms in total. The quantitative estimate of drug-likeness (QED) is 0.854. The lowest BCUT2D eigenvalue weighted by molar-refractivity contribution is 0.0593. The molecular formula is C18H22N4O2. The molecule has 1 aromatic heterocycles. The fourth-order valence-electron chi connectivity index (χ4n) is 2.76. The van der Waals surface area contributed by atoms with E-state index in [0.717, 1.165) is 30.0 Å². The summed E-state index contributed by atoms with van der Waals surface area (Å²) in [4.78, 5) is 14.4. The van der Waals surface area contributed by atoms with Crippen LogP contribution in [0.15, 0.2) is 24.4 Å². The topological polar surface area (TPSA) is 84.3 Å². The predicted octanol–water partition coefficient (Wildman–Crippen LogP) is 2.87. The van der Waals surface area contributed by atoms with Crippen LogP contribution in [-0.4, -0.2) is 30.7 Å². The Kier molecular flexibility index (Phi) is 5.14. The minimum atomic E-state index is -0.569. The second-order valence-electron chi connectivity index (χ2n) is 5.44. The van der Waals surface area contributed by atoms with E-state index < -0.39 is 5.97 Å². The van der Waals surface area contributed by atoms with Gasteiger partial charge < -0.3 is 19.9 Å². The fraction of sp³-hybridized carbons (Fsp3) is 0.333. The number of ether oxygens (including phenoxy) is 1. The van der Waals surface area contributed by atoms with Crippen molar-refractivity contribution in [2.45, 2.75) is 20.8 Å². The molecule has 1 aromatic carbocycles. The average Bonchev–Trinajstić information content (AvgIpc) is 2.92. The predicted molar refractivity (Wildman–Crippen MR) is 94.5 cm³/mol. The third-order valence-electron chi connectivity index (χ3n) is 4.04. The number of aromatic nitrogens is 1. The van der Waals surface area contributed by atoms with Gasteiger partial charge >= 0.3 is 5.97 Å².